The summed E-state index contributed by atoms with van der Waals surface area (Å²) in [7, 11) is 0. The van der Waals surface area contributed by atoms with Gasteiger partial charge in [-0.2, -0.15) is 0 Å². The van der Waals surface area contributed by atoms with Gasteiger partial charge in [0.25, 0.3) is 0 Å². The molecule has 0 atom stereocenters. The number of fused-ring (bicyclic) bond motifs is 13. The summed E-state index contributed by atoms with van der Waals surface area (Å²) in [5, 5.41) is 0. The highest BCUT2D eigenvalue weighted by molar-refractivity contribution is 5.99. The van der Waals surface area contributed by atoms with Crippen molar-refractivity contribution in [2.75, 3.05) is 4.90 Å². The predicted molar refractivity (Wildman–Crippen MR) is 276 cm³/mol. The molecule has 10 aromatic carbocycles. The largest absolute Gasteiger partial charge is 0.310 e. The molecule has 0 heterocycles. The van der Waals surface area contributed by atoms with Gasteiger partial charge in [0.1, 0.15) is 0 Å². The van der Waals surface area contributed by atoms with Crippen LogP contribution in [0.15, 0.2) is 231 Å². The molecule has 3 aliphatic carbocycles. The number of anilines is 3. The first-order valence-corrected chi connectivity index (χ1v) is 23.3. The third-order valence-corrected chi connectivity index (χ3v) is 15.0. The summed E-state index contributed by atoms with van der Waals surface area (Å²) in [5.41, 5.74) is 27.2. The second kappa shape index (κ2) is 14.5. The maximum atomic E-state index is 2.57. The molecule has 0 amide bonds. The monoisotopic (exact) mass is 841 g/mol. The zero-order valence-electron chi connectivity index (χ0n) is 37.4. The average molecular weight is 842 g/mol. The Bertz CT molecular complexity index is 3490. The van der Waals surface area contributed by atoms with Crippen LogP contribution in [0.5, 0.6) is 0 Å². The van der Waals surface area contributed by atoms with E-state index in [9.17, 15) is 0 Å². The molecule has 0 unspecified atom stereocenters. The van der Waals surface area contributed by atoms with Crippen molar-refractivity contribution >= 4 is 17.1 Å². The second-order valence-corrected chi connectivity index (χ2v) is 18.9. The van der Waals surface area contributed by atoms with Crippen LogP contribution >= 0.6 is 0 Å². The van der Waals surface area contributed by atoms with E-state index in [0.717, 1.165) is 11.4 Å². The minimum atomic E-state index is -0.463. The van der Waals surface area contributed by atoms with Crippen LogP contribution in [0.1, 0.15) is 52.8 Å². The molecule has 0 aromatic heterocycles. The van der Waals surface area contributed by atoms with Crippen LogP contribution < -0.4 is 4.90 Å². The Morgan fingerprint density at radius 2 is 0.682 bits per heavy atom. The van der Waals surface area contributed by atoms with Crippen LogP contribution in [-0.4, -0.2) is 0 Å². The van der Waals surface area contributed by atoms with Crippen molar-refractivity contribution in [2.45, 2.75) is 31.6 Å². The summed E-state index contributed by atoms with van der Waals surface area (Å²) in [6.45, 7) is 7.07. The third-order valence-electron chi connectivity index (χ3n) is 15.0. The Labute approximate surface area is 388 Å². The standard InChI is InChI=1S/C65H47N/c1-42-38-47(45-32-30-44(31-33-45)43-18-6-4-7-19-43)39-56(46-20-8-5-9-21-46)63(42)66(48-34-36-54-50-22-10-14-26-57(50)64(2,3)61(54)40-48)49-35-37-55-53-25-13-17-29-60(53)65(62(55)41-49)58-27-15-11-23-51(58)52-24-12-16-28-59(52)65/h4-41H,1-3H3. The fourth-order valence-corrected chi connectivity index (χ4v) is 12.0. The molecule has 0 saturated heterocycles. The van der Waals surface area contributed by atoms with Gasteiger partial charge in [-0.1, -0.05) is 208 Å². The molecule has 10 aromatic rings. The first-order chi connectivity index (χ1) is 32.4. The van der Waals surface area contributed by atoms with E-state index in [-0.39, 0.29) is 5.41 Å². The maximum absolute atomic E-state index is 2.57. The maximum Gasteiger partial charge on any atom is 0.0726 e. The molecule has 1 heteroatoms. The van der Waals surface area contributed by atoms with Gasteiger partial charge in [0, 0.05) is 22.4 Å². The SMILES string of the molecule is Cc1cc(-c2ccc(-c3ccccc3)cc2)cc(-c2ccccc2)c1N(c1ccc2c(c1)C(C)(C)c1ccccc1-2)c1ccc2c(c1)C1(c3ccccc3-c3ccccc31)c1ccccc1-2. The normalized spacial score (nSPS) is 13.9. The Hall–Kier alpha value is -8.00. The molecule has 0 bridgehead atoms. The fourth-order valence-electron chi connectivity index (χ4n) is 12.0. The van der Waals surface area contributed by atoms with Crippen LogP contribution in [0, 0.1) is 6.92 Å². The van der Waals surface area contributed by atoms with Gasteiger partial charge in [0.2, 0.25) is 0 Å². The first kappa shape index (κ1) is 38.5. The highest BCUT2D eigenvalue weighted by atomic mass is 15.1. The van der Waals surface area contributed by atoms with Crippen molar-refractivity contribution in [3.8, 4) is 66.8 Å². The van der Waals surface area contributed by atoms with E-state index in [2.05, 4.69) is 256 Å². The lowest BCUT2D eigenvalue weighted by Crippen LogP contribution is -2.26. The van der Waals surface area contributed by atoms with Crippen molar-refractivity contribution in [1.29, 1.82) is 0 Å². The van der Waals surface area contributed by atoms with E-state index >= 15 is 0 Å². The van der Waals surface area contributed by atoms with Crippen molar-refractivity contribution in [3.63, 3.8) is 0 Å². The zero-order chi connectivity index (χ0) is 44.1. The van der Waals surface area contributed by atoms with E-state index in [0.29, 0.717) is 0 Å². The van der Waals surface area contributed by atoms with E-state index in [4.69, 9.17) is 0 Å². The molecule has 0 radical (unpaired) electrons. The molecular weight excluding hydrogens is 795 g/mol. The number of aryl methyl sites for hydroxylation is 1. The van der Waals surface area contributed by atoms with Gasteiger partial charge in [-0.3, -0.25) is 0 Å². The molecule has 0 saturated carbocycles. The third kappa shape index (κ3) is 5.47. The van der Waals surface area contributed by atoms with E-state index < -0.39 is 5.41 Å². The summed E-state index contributed by atoms with van der Waals surface area (Å²) in [5.74, 6) is 0. The van der Waals surface area contributed by atoms with Crippen LogP contribution in [-0.2, 0) is 10.8 Å². The molecule has 0 aliphatic heterocycles. The summed E-state index contributed by atoms with van der Waals surface area (Å²) < 4.78 is 0. The Morgan fingerprint density at radius 1 is 0.288 bits per heavy atom. The van der Waals surface area contributed by atoms with Gasteiger partial charge in [-0.05, 0) is 143 Å². The lowest BCUT2D eigenvalue weighted by molar-refractivity contribution is 0.660. The summed E-state index contributed by atoms with van der Waals surface area (Å²) >= 11 is 0. The average Bonchev–Trinajstić information content (AvgIpc) is 3.93. The minimum Gasteiger partial charge on any atom is -0.310 e. The molecule has 1 nitrogen and oxygen atoms in total. The van der Waals surface area contributed by atoms with Crippen molar-refractivity contribution in [3.05, 3.63) is 269 Å². The lowest BCUT2D eigenvalue weighted by atomic mass is 9.70. The van der Waals surface area contributed by atoms with Gasteiger partial charge >= 0.3 is 0 Å². The molecule has 0 N–H and O–H groups in total. The number of hydrogen-bond acceptors (Lipinski definition) is 1. The number of benzene rings is 10. The van der Waals surface area contributed by atoms with Gasteiger partial charge in [-0.25, -0.2) is 0 Å². The lowest BCUT2D eigenvalue weighted by Gasteiger charge is -2.34. The van der Waals surface area contributed by atoms with Crippen LogP contribution in [0.4, 0.5) is 17.1 Å². The Balaban J connectivity index is 1.07. The highest BCUT2D eigenvalue weighted by Crippen LogP contribution is 2.63. The van der Waals surface area contributed by atoms with Gasteiger partial charge < -0.3 is 4.90 Å². The smallest absolute Gasteiger partial charge is 0.0726 e. The fraction of sp³-hybridized carbons (Fsp3) is 0.0769. The van der Waals surface area contributed by atoms with Crippen molar-refractivity contribution < 1.29 is 0 Å². The molecule has 0 fully saturated rings. The molecular formula is C65H47N. The first-order valence-electron chi connectivity index (χ1n) is 23.3. The van der Waals surface area contributed by atoms with E-state index in [1.165, 1.54) is 111 Å². The number of rotatable bonds is 6. The molecule has 312 valence electrons. The van der Waals surface area contributed by atoms with Crippen LogP contribution in [0.2, 0.25) is 0 Å². The predicted octanol–water partition coefficient (Wildman–Crippen LogP) is 17.1. The summed E-state index contributed by atoms with van der Waals surface area (Å²) in [6.07, 6.45) is 0. The summed E-state index contributed by atoms with van der Waals surface area (Å²) in [6, 6.07) is 86.3. The Kier molecular flexibility index (Phi) is 8.45. The highest BCUT2D eigenvalue weighted by Gasteiger charge is 2.51. The quantitative estimate of drug-likeness (QED) is 0.161. The topological polar surface area (TPSA) is 3.24 Å². The van der Waals surface area contributed by atoms with E-state index in [1.54, 1.807) is 0 Å². The Morgan fingerprint density at radius 3 is 1.23 bits per heavy atom. The molecule has 13 rings (SSSR count). The minimum absolute atomic E-state index is 0.165. The van der Waals surface area contributed by atoms with Gasteiger partial charge in [0.15, 0.2) is 0 Å². The molecule has 66 heavy (non-hydrogen) atoms. The van der Waals surface area contributed by atoms with Crippen LogP contribution in [0.25, 0.3) is 66.8 Å². The molecule has 3 aliphatic rings. The van der Waals surface area contributed by atoms with Crippen molar-refractivity contribution in [2.24, 2.45) is 0 Å². The zero-order valence-corrected chi connectivity index (χ0v) is 37.4. The van der Waals surface area contributed by atoms with Gasteiger partial charge in [0.05, 0.1) is 11.1 Å². The van der Waals surface area contributed by atoms with E-state index in [1.807, 2.05) is 0 Å². The van der Waals surface area contributed by atoms with Crippen molar-refractivity contribution in [1.82, 2.24) is 0 Å². The molecule has 1 spiro atoms. The second-order valence-electron chi connectivity index (χ2n) is 18.9. The van der Waals surface area contributed by atoms with Gasteiger partial charge in [-0.15, -0.1) is 0 Å². The summed E-state index contributed by atoms with van der Waals surface area (Å²) in [4.78, 5) is 2.57. The van der Waals surface area contributed by atoms with Crippen LogP contribution in [0.3, 0.4) is 0 Å². The number of nitrogens with zero attached hydrogens (tertiary/aromatic N) is 1. The number of hydrogen-bond donors (Lipinski definition) is 0.